The number of alkyl halides is 1. The van der Waals surface area contributed by atoms with Crippen LogP contribution in [0.4, 0.5) is 4.39 Å². The molecule has 5 nitrogen and oxygen atoms in total. The molecule has 3 saturated carbocycles. The molecule has 0 bridgehead atoms. The van der Waals surface area contributed by atoms with Crippen LogP contribution in [0.15, 0.2) is 23.8 Å². The summed E-state index contributed by atoms with van der Waals surface area (Å²) >= 11 is 0. The van der Waals surface area contributed by atoms with Crippen LogP contribution in [0.3, 0.4) is 0 Å². The van der Waals surface area contributed by atoms with Gasteiger partial charge in [0.15, 0.2) is 23.0 Å². The van der Waals surface area contributed by atoms with Gasteiger partial charge in [0.1, 0.15) is 12.3 Å². The molecular weight excluding hydrogens is 387 g/mol. The van der Waals surface area contributed by atoms with Gasteiger partial charge in [-0.2, -0.15) is 0 Å². The molecule has 1 saturated heterocycles. The van der Waals surface area contributed by atoms with E-state index in [1.165, 1.54) is 6.08 Å². The number of aliphatic hydroxyl groups is 1. The Morgan fingerprint density at radius 3 is 2.67 bits per heavy atom. The second-order valence-electron chi connectivity index (χ2n) is 10.8. The van der Waals surface area contributed by atoms with Crippen LogP contribution in [0.1, 0.15) is 59.8 Å². The zero-order valence-electron chi connectivity index (χ0n) is 18.2. The monoisotopic (exact) mass is 418 g/mol. The molecule has 4 fully saturated rings. The summed E-state index contributed by atoms with van der Waals surface area (Å²) in [4.78, 5) is 25.0. The number of hydrogen-bond donors (Lipinski definition) is 1. The number of allylic oxidation sites excluding steroid dienone is 4. The van der Waals surface area contributed by atoms with Gasteiger partial charge < -0.3 is 14.6 Å². The smallest absolute Gasteiger partial charge is 0.193 e. The number of fused-ring (bicyclic) bond motifs is 7. The van der Waals surface area contributed by atoms with Crippen LogP contribution >= 0.6 is 0 Å². The number of ether oxygens (including phenoxy) is 2. The Morgan fingerprint density at radius 2 is 1.97 bits per heavy atom. The Kier molecular flexibility index (Phi) is 4.04. The highest BCUT2D eigenvalue weighted by Gasteiger charge is 2.78. The van der Waals surface area contributed by atoms with Crippen LogP contribution in [-0.4, -0.2) is 46.4 Å². The molecule has 164 valence electrons. The maximum absolute atomic E-state index is 17.0. The number of aliphatic hydroxyl groups excluding tert-OH is 1. The van der Waals surface area contributed by atoms with Gasteiger partial charge in [-0.1, -0.05) is 18.6 Å². The molecule has 30 heavy (non-hydrogen) atoms. The summed E-state index contributed by atoms with van der Waals surface area (Å²) in [7, 11) is 0. The lowest BCUT2D eigenvalue weighted by Crippen LogP contribution is -2.65. The fourth-order valence-electron chi connectivity index (χ4n) is 7.81. The van der Waals surface area contributed by atoms with Crippen molar-refractivity contribution in [1.82, 2.24) is 0 Å². The van der Waals surface area contributed by atoms with Crippen molar-refractivity contribution in [2.75, 3.05) is 6.61 Å². The minimum Gasteiger partial charge on any atom is -0.388 e. The first-order valence-electron chi connectivity index (χ1n) is 11.1. The van der Waals surface area contributed by atoms with Crippen LogP contribution in [0.5, 0.6) is 0 Å². The summed E-state index contributed by atoms with van der Waals surface area (Å²) in [6.45, 7) is 6.92. The van der Waals surface area contributed by atoms with Gasteiger partial charge in [-0.3, -0.25) is 9.59 Å². The molecule has 1 heterocycles. The molecule has 0 aromatic heterocycles. The van der Waals surface area contributed by atoms with Gasteiger partial charge in [-0.05, 0) is 76.9 Å². The number of carbonyl (C=O) groups excluding carboxylic acids is 2. The Morgan fingerprint density at radius 1 is 1.23 bits per heavy atom. The summed E-state index contributed by atoms with van der Waals surface area (Å²) in [5.74, 6) is -1.72. The van der Waals surface area contributed by atoms with E-state index in [1.807, 2.05) is 13.8 Å². The normalized spacial score (nSPS) is 50.9. The SMILES string of the molecule is CC1(C)OC2CC3C4CCC5=CC(=O)C=CC5(C)C4(F)CCC3(C)C2(C(=O)CO)O1. The van der Waals surface area contributed by atoms with Crippen molar-refractivity contribution in [3.8, 4) is 0 Å². The largest absolute Gasteiger partial charge is 0.388 e. The quantitative estimate of drug-likeness (QED) is 0.744. The molecule has 4 aliphatic carbocycles. The molecule has 6 heteroatoms. The van der Waals surface area contributed by atoms with E-state index in [1.54, 1.807) is 26.0 Å². The minimum atomic E-state index is -1.49. The summed E-state index contributed by atoms with van der Waals surface area (Å²) in [5.41, 5.74) is -3.27. The van der Waals surface area contributed by atoms with Gasteiger partial charge in [0.05, 0.1) is 6.10 Å². The number of rotatable bonds is 2. The topological polar surface area (TPSA) is 72.8 Å². The standard InChI is InChI=1S/C24H31FO5/c1-20(2)29-19-12-17-16-6-5-14-11-15(27)7-8-21(14,3)23(16,25)10-9-22(17,4)24(19,30-20)18(28)13-26/h7-8,11,16-17,19,26H,5-6,9-10,12-13H2,1-4H3. The van der Waals surface area contributed by atoms with Crippen molar-refractivity contribution in [3.05, 3.63) is 23.8 Å². The number of Topliss-reactive ketones (excluding diaryl/α,β-unsaturated/α-hetero) is 1. The lowest BCUT2D eigenvalue weighted by atomic mass is 9.45. The number of ketones is 2. The average molecular weight is 419 g/mol. The Balaban J connectivity index is 1.59. The summed E-state index contributed by atoms with van der Waals surface area (Å²) in [5, 5.41) is 9.81. The summed E-state index contributed by atoms with van der Waals surface area (Å²) < 4.78 is 29.5. The number of carbonyl (C=O) groups is 2. The van der Waals surface area contributed by atoms with E-state index in [-0.39, 0.29) is 29.8 Å². The van der Waals surface area contributed by atoms with E-state index in [2.05, 4.69) is 0 Å². The zero-order chi connectivity index (χ0) is 21.7. The first-order valence-corrected chi connectivity index (χ1v) is 11.1. The fraction of sp³-hybridized carbons (Fsp3) is 0.750. The van der Waals surface area contributed by atoms with E-state index in [4.69, 9.17) is 9.47 Å². The van der Waals surface area contributed by atoms with Crippen LogP contribution in [0.25, 0.3) is 0 Å². The lowest BCUT2D eigenvalue weighted by molar-refractivity contribution is -0.224. The van der Waals surface area contributed by atoms with Gasteiger partial charge >= 0.3 is 0 Å². The van der Waals surface area contributed by atoms with Crippen LogP contribution < -0.4 is 0 Å². The van der Waals surface area contributed by atoms with E-state index < -0.39 is 40.6 Å². The third-order valence-corrected chi connectivity index (χ3v) is 9.21. The second-order valence-corrected chi connectivity index (χ2v) is 10.8. The van der Waals surface area contributed by atoms with E-state index in [0.29, 0.717) is 25.7 Å². The Bertz CT molecular complexity index is 892. The van der Waals surface area contributed by atoms with Gasteiger partial charge in [0.25, 0.3) is 0 Å². The van der Waals surface area contributed by atoms with Crippen molar-refractivity contribution in [2.24, 2.45) is 22.7 Å². The molecule has 0 amide bonds. The molecule has 0 aromatic carbocycles. The lowest BCUT2D eigenvalue weighted by Gasteiger charge is -2.61. The third kappa shape index (κ3) is 2.18. The number of halogens is 1. The third-order valence-electron chi connectivity index (χ3n) is 9.21. The van der Waals surface area contributed by atoms with Crippen LogP contribution in [0.2, 0.25) is 0 Å². The van der Waals surface area contributed by atoms with Crippen molar-refractivity contribution >= 4 is 11.6 Å². The van der Waals surface area contributed by atoms with E-state index in [0.717, 1.165) is 5.57 Å². The highest BCUT2D eigenvalue weighted by atomic mass is 19.1. The molecule has 0 spiro atoms. The molecule has 7 unspecified atom stereocenters. The molecule has 5 rings (SSSR count). The molecule has 7 atom stereocenters. The molecule has 5 aliphatic rings. The zero-order valence-corrected chi connectivity index (χ0v) is 18.2. The maximum atomic E-state index is 17.0. The molecule has 0 radical (unpaired) electrons. The maximum Gasteiger partial charge on any atom is 0.193 e. The Labute approximate surface area is 176 Å². The first-order chi connectivity index (χ1) is 13.9. The van der Waals surface area contributed by atoms with Gasteiger partial charge in [0, 0.05) is 10.8 Å². The van der Waals surface area contributed by atoms with Crippen LogP contribution in [-0.2, 0) is 19.1 Å². The molecule has 1 N–H and O–H groups in total. The number of hydrogen-bond acceptors (Lipinski definition) is 5. The predicted octanol–water partition coefficient (Wildman–Crippen LogP) is 3.45. The minimum absolute atomic E-state index is 0.0721. The van der Waals surface area contributed by atoms with Crippen molar-refractivity contribution in [2.45, 2.75) is 83.0 Å². The van der Waals surface area contributed by atoms with Crippen molar-refractivity contribution in [3.63, 3.8) is 0 Å². The molecular formula is C24H31FO5. The predicted molar refractivity (Wildman–Crippen MR) is 107 cm³/mol. The highest BCUT2D eigenvalue weighted by molar-refractivity contribution is 6.01. The average Bonchev–Trinajstić information content (AvgIpc) is 3.09. The van der Waals surface area contributed by atoms with Crippen molar-refractivity contribution in [1.29, 1.82) is 0 Å². The van der Waals surface area contributed by atoms with Crippen LogP contribution in [0, 0.1) is 22.7 Å². The van der Waals surface area contributed by atoms with Gasteiger partial charge in [-0.25, -0.2) is 4.39 Å². The molecule has 1 aliphatic heterocycles. The molecule has 0 aromatic rings. The Hall–Kier alpha value is -1.37. The van der Waals surface area contributed by atoms with Gasteiger partial charge in [0.2, 0.25) is 0 Å². The summed E-state index contributed by atoms with van der Waals surface area (Å²) in [6.07, 6.45) is 6.99. The van der Waals surface area contributed by atoms with Gasteiger partial charge in [-0.15, -0.1) is 0 Å². The summed E-state index contributed by atoms with van der Waals surface area (Å²) in [6, 6.07) is 0. The first kappa shape index (κ1) is 20.5. The van der Waals surface area contributed by atoms with E-state index >= 15 is 4.39 Å². The highest BCUT2D eigenvalue weighted by Crippen LogP contribution is 2.72. The second kappa shape index (κ2) is 5.90. The van der Waals surface area contributed by atoms with Crippen molar-refractivity contribution < 1.29 is 28.6 Å². The fourth-order valence-corrected chi connectivity index (χ4v) is 7.81. The van der Waals surface area contributed by atoms with E-state index in [9.17, 15) is 14.7 Å².